The van der Waals surface area contributed by atoms with Crippen LogP contribution in [-0.4, -0.2) is 12.7 Å². The minimum Gasteiger partial charge on any atom is -0.472 e. The third kappa shape index (κ3) is 2.39. The van der Waals surface area contributed by atoms with Crippen molar-refractivity contribution in [3.63, 3.8) is 0 Å². The maximum atomic E-state index is 5.82. The van der Waals surface area contributed by atoms with E-state index in [9.17, 15) is 0 Å². The van der Waals surface area contributed by atoms with Gasteiger partial charge >= 0.3 is 0 Å². The van der Waals surface area contributed by atoms with E-state index in [1.807, 2.05) is 6.07 Å². The van der Waals surface area contributed by atoms with E-state index in [2.05, 4.69) is 12.3 Å². The number of nitrogens with one attached hydrogen (secondary N) is 1. The Morgan fingerprint density at radius 2 is 2.24 bits per heavy atom. The standard InChI is InChI=1S/C13H22N2O2/c1-10-3-6-13(16-2,7-4-10)12(15-14)11-5-8-17-9-11/h5,8-10,12,15H,3-4,6-7,14H2,1-2H3. The summed E-state index contributed by atoms with van der Waals surface area (Å²) < 4.78 is 11.0. The minimum absolute atomic E-state index is 0.00116. The van der Waals surface area contributed by atoms with Crippen LogP contribution in [0.15, 0.2) is 23.0 Å². The van der Waals surface area contributed by atoms with E-state index in [0.29, 0.717) is 0 Å². The largest absolute Gasteiger partial charge is 0.472 e. The van der Waals surface area contributed by atoms with Crippen molar-refractivity contribution in [2.75, 3.05) is 7.11 Å². The van der Waals surface area contributed by atoms with Crippen molar-refractivity contribution in [2.24, 2.45) is 11.8 Å². The number of hydrogen-bond donors (Lipinski definition) is 2. The zero-order valence-corrected chi connectivity index (χ0v) is 10.6. The summed E-state index contributed by atoms with van der Waals surface area (Å²) in [4.78, 5) is 0. The molecule has 96 valence electrons. The molecular weight excluding hydrogens is 216 g/mol. The highest BCUT2D eigenvalue weighted by atomic mass is 16.5. The summed E-state index contributed by atoms with van der Waals surface area (Å²) in [5.74, 6) is 6.50. The molecule has 17 heavy (non-hydrogen) atoms. The second-order valence-corrected chi connectivity index (χ2v) is 5.11. The Bertz CT molecular complexity index is 329. The van der Waals surface area contributed by atoms with Gasteiger partial charge in [-0.2, -0.15) is 0 Å². The Labute approximate surface area is 102 Å². The van der Waals surface area contributed by atoms with Crippen LogP contribution < -0.4 is 11.3 Å². The van der Waals surface area contributed by atoms with Gasteiger partial charge in [0.15, 0.2) is 0 Å². The number of rotatable bonds is 4. The zero-order valence-electron chi connectivity index (χ0n) is 10.6. The molecule has 4 heteroatoms. The Kier molecular flexibility index (Phi) is 3.86. The third-order valence-corrected chi connectivity index (χ3v) is 4.10. The van der Waals surface area contributed by atoms with Crippen LogP contribution in [0.2, 0.25) is 0 Å². The third-order valence-electron chi connectivity index (χ3n) is 4.10. The predicted molar refractivity (Wildman–Crippen MR) is 66.1 cm³/mol. The van der Waals surface area contributed by atoms with Gasteiger partial charge in [-0.05, 0) is 37.7 Å². The van der Waals surface area contributed by atoms with Gasteiger partial charge in [0.25, 0.3) is 0 Å². The molecule has 0 amide bonds. The first-order chi connectivity index (χ1) is 8.22. The van der Waals surface area contributed by atoms with Crippen molar-refractivity contribution in [1.82, 2.24) is 5.43 Å². The number of ether oxygens (including phenoxy) is 1. The van der Waals surface area contributed by atoms with Crippen LogP contribution in [0.25, 0.3) is 0 Å². The molecule has 0 aliphatic heterocycles. The lowest BCUT2D eigenvalue weighted by molar-refractivity contribution is -0.0762. The van der Waals surface area contributed by atoms with Crippen LogP contribution >= 0.6 is 0 Å². The molecule has 0 saturated heterocycles. The lowest BCUT2D eigenvalue weighted by atomic mass is 9.74. The van der Waals surface area contributed by atoms with Crippen molar-refractivity contribution in [1.29, 1.82) is 0 Å². The quantitative estimate of drug-likeness (QED) is 0.624. The molecule has 1 aromatic rings. The first-order valence-electron chi connectivity index (χ1n) is 6.25. The number of hydrazine groups is 1. The van der Waals surface area contributed by atoms with E-state index in [1.165, 1.54) is 12.8 Å². The molecule has 0 aromatic carbocycles. The van der Waals surface area contributed by atoms with Gasteiger partial charge in [-0.15, -0.1) is 0 Å². The maximum Gasteiger partial charge on any atom is 0.0952 e. The van der Waals surface area contributed by atoms with E-state index in [1.54, 1.807) is 19.6 Å². The van der Waals surface area contributed by atoms with Crippen LogP contribution in [0.3, 0.4) is 0 Å². The summed E-state index contributed by atoms with van der Waals surface area (Å²) in [6.45, 7) is 2.29. The van der Waals surface area contributed by atoms with Gasteiger partial charge in [0.1, 0.15) is 0 Å². The molecule has 4 nitrogen and oxygen atoms in total. The Morgan fingerprint density at radius 3 is 2.71 bits per heavy atom. The summed E-state index contributed by atoms with van der Waals surface area (Å²) in [5, 5.41) is 0. The van der Waals surface area contributed by atoms with Crippen molar-refractivity contribution >= 4 is 0 Å². The molecule has 1 fully saturated rings. The fraction of sp³-hybridized carbons (Fsp3) is 0.692. The topological polar surface area (TPSA) is 60.4 Å². The van der Waals surface area contributed by atoms with Crippen LogP contribution in [0.5, 0.6) is 0 Å². The molecule has 1 heterocycles. The summed E-state index contributed by atoms with van der Waals surface area (Å²) in [6, 6.07) is 1.95. The normalized spacial score (nSPS) is 31.4. The average molecular weight is 238 g/mol. The summed E-state index contributed by atoms with van der Waals surface area (Å²) >= 11 is 0. The van der Waals surface area contributed by atoms with Crippen molar-refractivity contribution in [3.05, 3.63) is 24.2 Å². The van der Waals surface area contributed by atoms with Crippen molar-refractivity contribution in [2.45, 2.75) is 44.2 Å². The molecule has 1 saturated carbocycles. The average Bonchev–Trinajstić information content (AvgIpc) is 2.86. The highest BCUT2D eigenvalue weighted by Crippen LogP contribution is 2.42. The molecular formula is C13H22N2O2. The number of hydrogen-bond acceptors (Lipinski definition) is 4. The van der Waals surface area contributed by atoms with Gasteiger partial charge in [0, 0.05) is 12.7 Å². The summed E-state index contributed by atoms with van der Waals surface area (Å²) in [6.07, 6.45) is 7.85. The summed E-state index contributed by atoms with van der Waals surface area (Å²) in [5.41, 5.74) is 3.75. The fourth-order valence-electron chi connectivity index (χ4n) is 2.85. The van der Waals surface area contributed by atoms with E-state index >= 15 is 0 Å². The van der Waals surface area contributed by atoms with Crippen LogP contribution in [0.1, 0.15) is 44.2 Å². The first-order valence-corrected chi connectivity index (χ1v) is 6.25. The molecule has 1 aliphatic carbocycles. The monoisotopic (exact) mass is 238 g/mol. The van der Waals surface area contributed by atoms with Gasteiger partial charge in [-0.25, -0.2) is 5.43 Å². The number of furan rings is 1. The lowest BCUT2D eigenvalue weighted by Gasteiger charge is -2.43. The minimum atomic E-state index is -0.203. The highest BCUT2D eigenvalue weighted by molar-refractivity contribution is 5.17. The lowest BCUT2D eigenvalue weighted by Crippen LogP contribution is -2.49. The van der Waals surface area contributed by atoms with E-state index < -0.39 is 0 Å². The van der Waals surface area contributed by atoms with E-state index in [0.717, 1.165) is 24.3 Å². The molecule has 0 radical (unpaired) electrons. The van der Waals surface area contributed by atoms with E-state index in [4.69, 9.17) is 15.0 Å². The SMILES string of the molecule is COC1(C(NN)c2ccoc2)CCC(C)CC1. The second-order valence-electron chi connectivity index (χ2n) is 5.11. The predicted octanol–water partition coefficient (Wildman–Crippen LogP) is 2.38. The Morgan fingerprint density at radius 1 is 1.53 bits per heavy atom. The molecule has 3 N–H and O–H groups in total. The van der Waals surface area contributed by atoms with Gasteiger partial charge < -0.3 is 9.15 Å². The molecule has 0 spiro atoms. The van der Waals surface area contributed by atoms with Gasteiger partial charge in [0.05, 0.1) is 24.2 Å². The van der Waals surface area contributed by atoms with Crippen LogP contribution in [0.4, 0.5) is 0 Å². The number of methoxy groups -OCH3 is 1. The smallest absolute Gasteiger partial charge is 0.0952 e. The Balaban J connectivity index is 2.21. The molecule has 1 aliphatic rings. The summed E-state index contributed by atoms with van der Waals surface area (Å²) in [7, 11) is 1.78. The molecule has 1 unspecified atom stereocenters. The van der Waals surface area contributed by atoms with Gasteiger partial charge in [-0.3, -0.25) is 5.84 Å². The van der Waals surface area contributed by atoms with Gasteiger partial charge in [0.2, 0.25) is 0 Å². The molecule has 2 rings (SSSR count). The molecule has 0 bridgehead atoms. The van der Waals surface area contributed by atoms with Crippen molar-refractivity contribution in [3.8, 4) is 0 Å². The van der Waals surface area contributed by atoms with Crippen LogP contribution in [0, 0.1) is 5.92 Å². The number of nitrogens with two attached hydrogens (primary N) is 1. The highest BCUT2D eigenvalue weighted by Gasteiger charge is 2.42. The van der Waals surface area contributed by atoms with Gasteiger partial charge in [-0.1, -0.05) is 6.92 Å². The first kappa shape index (κ1) is 12.6. The van der Waals surface area contributed by atoms with E-state index in [-0.39, 0.29) is 11.6 Å². The van der Waals surface area contributed by atoms with Crippen LogP contribution in [-0.2, 0) is 4.74 Å². The molecule has 1 atom stereocenters. The van der Waals surface area contributed by atoms with Crippen molar-refractivity contribution < 1.29 is 9.15 Å². The molecule has 1 aromatic heterocycles. The Hall–Kier alpha value is -0.840. The maximum absolute atomic E-state index is 5.82. The second kappa shape index (κ2) is 5.21. The zero-order chi connectivity index (χ0) is 12.3. The fourth-order valence-corrected chi connectivity index (χ4v) is 2.85.